The van der Waals surface area contributed by atoms with Crippen molar-refractivity contribution in [3.63, 3.8) is 0 Å². The molecule has 0 aromatic heterocycles. The Hall–Kier alpha value is -1.17. The molecule has 4 nitrogen and oxygen atoms in total. The molecule has 1 saturated heterocycles. The van der Waals surface area contributed by atoms with Crippen molar-refractivity contribution < 1.29 is 13.9 Å². The van der Waals surface area contributed by atoms with Gasteiger partial charge in [0, 0.05) is 12.2 Å². The summed E-state index contributed by atoms with van der Waals surface area (Å²) in [4.78, 5) is 11.7. The van der Waals surface area contributed by atoms with Crippen LogP contribution in [0.3, 0.4) is 0 Å². The van der Waals surface area contributed by atoms with E-state index in [1.807, 2.05) is 0 Å². The molecule has 2 N–H and O–H groups in total. The summed E-state index contributed by atoms with van der Waals surface area (Å²) >= 11 is 0. The van der Waals surface area contributed by atoms with Gasteiger partial charge in [-0.05, 0) is 18.2 Å². The Morgan fingerprint density at radius 3 is 3.00 bits per heavy atom. The van der Waals surface area contributed by atoms with Crippen molar-refractivity contribution in [3.05, 3.63) is 30.1 Å². The Labute approximate surface area is 105 Å². The Balaban J connectivity index is 0.00000144. The SMILES string of the molecule is Cl.O=C(Nc1cccc(F)c1)C1COCCN1. The maximum atomic E-state index is 12.9. The van der Waals surface area contributed by atoms with Crippen LogP contribution in [0.25, 0.3) is 0 Å². The fourth-order valence-electron chi connectivity index (χ4n) is 1.53. The summed E-state index contributed by atoms with van der Waals surface area (Å²) in [6, 6.07) is 5.44. The first kappa shape index (κ1) is 13.9. The van der Waals surface area contributed by atoms with Crippen LogP contribution in [-0.2, 0) is 9.53 Å². The lowest BCUT2D eigenvalue weighted by Crippen LogP contribution is -2.48. The summed E-state index contributed by atoms with van der Waals surface area (Å²) in [5.41, 5.74) is 0.456. The number of ether oxygens (including phenoxy) is 1. The van der Waals surface area contributed by atoms with Crippen LogP contribution in [-0.4, -0.2) is 31.7 Å². The van der Waals surface area contributed by atoms with E-state index in [1.165, 1.54) is 12.1 Å². The number of rotatable bonds is 2. The number of benzene rings is 1. The third kappa shape index (κ3) is 3.96. The van der Waals surface area contributed by atoms with E-state index in [-0.39, 0.29) is 30.2 Å². The molecule has 0 spiro atoms. The average Bonchev–Trinajstić information content (AvgIpc) is 2.30. The van der Waals surface area contributed by atoms with Gasteiger partial charge in [-0.25, -0.2) is 4.39 Å². The highest BCUT2D eigenvalue weighted by Gasteiger charge is 2.20. The smallest absolute Gasteiger partial charge is 0.243 e. The number of hydrogen-bond donors (Lipinski definition) is 2. The maximum absolute atomic E-state index is 12.9. The van der Waals surface area contributed by atoms with E-state index in [0.717, 1.165) is 0 Å². The van der Waals surface area contributed by atoms with Gasteiger partial charge < -0.3 is 15.4 Å². The van der Waals surface area contributed by atoms with E-state index in [1.54, 1.807) is 12.1 Å². The molecule has 1 amide bonds. The van der Waals surface area contributed by atoms with Crippen LogP contribution in [0, 0.1) is 5.82 Å². The summed E-state index contributed by atoms with van der Waals surface area (Å²) in [6.07, 6.45) is 0. The van der Waals surface area contributed by atoms with Crippen LogP contribution >= 0.6 is 12.4 Å². The van der Waals surface area contributed by atoms with E-state index >= 15 is 0 Å². The molecule has 17 heavy (non-hydrogen) atoms. The fraction of sp³-hybridized carbons (Fsp3) is 0.364. The van der Waals surface area contributed by atoms with Crippen molar-refractivity contribution in [2.24, 2.45) is 0 Å². The number of carbonyl (C=O) groups excluding carboxylic acids is 1. The Bertz CT molecular complexity index is 383. The zero-order valence-corrected chi connectivity index (χ0v) is 9.93. The zero-order chi connectivity index (χ0) is 11.4. The van der Waals surface area contributed by atoms with Crippen LogP contribution < -0.4 is 10.6 Å². The fourth-order valence-corrected chi connectivity index (χ4v) is 1.53. The third-order valence-electron chi connectivity index (χ3n) is 2.33. The van der Waals surface area contributed by atoms with Crippen LogP contribution in [0.15, 0.2) is 24.3 Å². The monoisotopic (exact) mass is 260 g/mol. The first-order chi connectivity index (χ1) is 7.75. The number of anilines is 1. The lowest BCUT2D eigenvalue weighted by Gasteiger charge is -2.22. The molecule has 0 radical (unpaired) electrons. The summed E-state index contributed by atoms with van der Waals surface area (Å²) < 4.78 is 18.0. The number of nitrogens with one attached hydrogen (secondary N) is 2. The Morgan fingerprint density at radius 2 is 2.35 bits per heavy atom. The molecular formula is C11H14ClFN2O2. The molecule has 94 valence electrons. The summed E-state index contributed by atoms with van der Waals surface area (Å²) in [5.74, 6) is -0.573. The molecule has 1 fully saturated rings. The second-order valence-corrected chi connectivity index (χ2v) is 3.58. The molecule has 1 heterocycles. The van der Waals surface area contributed by atoms with Crippen molar-refractivity contribution in [2.75, 3.05) is 25.1 Å². The van der Waals surface area contributed by atoms with Gasteiger partial charge in [-0.15, -0.1) is 12.4 Å². The number of hydrogen-bond acceptors (Lipinski definition) is 3. The first-order valence-electron chi connectivity index (χ1n) is 5.13. The maximum Gasteiger partial charge on any atom is 0.243 e. The molecule has 2 rings (SSSR count). The van der Waals surface area contributed by atoms with E-state index in [0.29, 0.717) is 25.4 Å². The highest BCUT2D eigenvalue weighted by atomic mass is 35.5. The molecule has 0 aliphatic carbocycles. The van der Waals surface area contributed by atoms with Crippen LogP contribution in [0.2, 0.25) is 0 Å². The molecule has 1 atom stereocenters. The van der Waals surface area contributed by atoms with Crippen LogP contribution in [0.4, 0.5) is 10.1 Å². The number of amides is 1. The van der Waals surface area contributed by atoms with Gasteiger partial charge >= 0.3 is 0 Å². The predicted octanol–water partition coefficient (Wildman–Crippen LogP) is 1.17. The number of carbonyl (C=O) groups is 1. The average molecular weight is 261 g/mol. The highest BCUT2D eigenvalue weighted by Crippen LogP contribution is 2.09. The molecule has 1 unspecified atom stereocenters. The number of morpholine rings is 1. The van der Waals surface area contributed by atoms with Gasteiger partial charge in [0.15, 0.2) is 0 Å². The topological polar surface area (TPSA) is 50.4 Å². The predicted molar refractivity (Wildman–Crippen MR) is 64.9 cm³/mol. The molecule has 6 heteroatoms. The second-order valence-electron chi connectivity index (χ2n) is 3.58. The molecule has 0 bridgehead atoms. The third-order valence-corrected chi connectivity index (χ3v) is 2.33. The van der Waals surface area contributed by atoms with Gasteiger partial charge in [0.1, 0.15) is 11.9 Å². The van der Waals surface area contributed by atoms with Gasteiger partial charge in [-0.1, -0.05) is 6.07 Å². The van der Waals surface area contributed by atoms with Gasteiger partial charge in [0.25, 0.3) is 0 Å². The minimum Gasteiger partial charge on any atom is -0.378 e. The minimum atomic E-state index is -0.370. The lowest BCUT2D eigenvalue weighted by molar-refractivity contribution is -0.120. The highest BCUT2D eigenvalue weighted by molar-refractivity contribution is 5.94. The normalized spacial score (nSPS) is 19.2. The van der Waals surface area contributed by atoms with Crippen LogP contribution in [0.1, 0.15) is 0 Å². The van der Waals surface area contributed by atoms with E-state index in [2.05, 4.69) is 10.6 Å². The van der Waals surface area contributed by atoms with Gasteiger partial charge in [0.2, 0.25) is 5.91 Å². The second kappa shape index (κ2) is 6.54. The molecule has 1 aromatic carbocycles. The van der Waals surface area contributed by atoms with E-state index in [9.17, 15) is 9.18 Å². The standard InChI is InChI=1S/C11H13FN2O2.ClH/c12-8-2-1-3-9(6-8)14-11(15)10-7-16-5-4-13-10;/h1-3,6,10,13H,4-5,7H2,(H,14,15);1H. The zero-order valence-electron chi connectivity index (χ0n) is 9.11. The van der Waals surface area contributed by atoms with Gasteiger partial charge in [-0.2, -0.15) is 0 Å². The van der Waals surface area contributed by atoms with E-state index in [4.69, 9.17) is 4.74 Å². The lowest BCUT2D eigenvalue weighted by atomic mass is 10.2. The summed E-state index contributed by atoms with van der Waals surface area (Å²) in [7, 11) is 0. The van der Waals surface area contributed by atoms with Crippen molar-refractivity contribution in [1.82, 2.24) is 5.32 Å². The van der Waals surface area contributed by atoms with Crippen molar-refractivity contribution >= 4 is 24.0 Å². The van der Waals surface area contributed by atoms with Gasteiger partial charge in [0.05, 0.1) is 13.2 Å². The molecular weight excluding hydrogens is 247 g/mol. The molecule has 1 aliphatic heterocycles. The van der Waals surface area contributed by atoms with Crippen molar-refractivity contribution in [2.45, 2.75) is 6.04 Å². The number of halogens is 2. The quantitative estimate of drug-likeness (QED) is 0.839. The van der Waals surface area contributed by atoms with E-state index < -0.39 is 0 Å². The molecule has 1 aromatic rings. The molecule has 0 saturated carbocycles. The Morgan fingerprint density at radius 1 is 1.53 bits per heavy atom. The molecule has 1 aliphatic rings. The first-order valence-corrected chi connectivity index (χ1v) is 5.13. The largest absolute Gasteiger partial charge is 0.378 e. The summed E-state index contributed by atoms with van der Waals surface area (Å²) in [6.45, 7) is 1.62. The Kier molecular flexibility index (Phi) is 5.34. The van der Waals surface area contributed by atoms with Crippen LogP contribution in [0.5, 0.6) is 0 Å². The van der Waals surface area contributed by atoms with Gasteiger partial charge in [-0.3, -0.25) is 4.79 Å². The minimum absolute atomic E-state index is 0. The van der Waals surface area contributed by atoms with Crippen molar-refractivity contribution in [3.8, 4) is 0 Å². The summed E-state index contributed by atoms with van der Waals surface area (Å²) in [5, 5.41) is 5.65. The van der Waals surface area contributed by atoms with Crippen molar-refractivity contribution in [1.29, 1.82) is 0 Å².